The van der Waals surface area contributed by atoms with Gasteiger partial charge < -0.3 is 5.73 Å². The molecule has 2 rings (SSSR count). The number of nitrogens with two attached hydrogens (primary N) is 1. The van der Waals surface area contributed by atoms with E-state index in [1.807, 2.05) is 0 Å². The van der Waals surface area contributed by atoms with E-state index in [4.69, 9.17) is 5.73 Å². The van der Waals surface area contributed by atoms with Gasteiger partial charge in [0.25, 0.3) is 5.91 Å². The Morgan fingerprint density at radius 1 is 1.29 bits per heavy atom. The molecular weight excluding hydrogens is 200 g/mol. The van der Waals surface area contributed by atoms with Crippen LogP contribution in [0.5, 0.6) is 0 Å². The summed E-state index contributed by atoms with van der Waals surface area (Å²) < 4.78 is 0. The Bertz CT molecular complexity index is 453. The second-order valence-electron chi connectivity index (χ2n) is 2.48. The number of carbonyl (C=O) groups is 1. The van der Waals surface area contributed by atoms with Crippen LogP contribution >= 0.6 is 11.3 Å². The minimum Gasteiger partial charge on any atom is -0.365 e. The van der Waals surface area contributed by atoms with E-state index in [0.717, 1.165) is 0 Å². The SMILES string of the molecule is NC(=O)c1cnc(-c2cnccn2)s1. The maximum atomic E-state index is 10.8. The summed E-state index contributed by atoms with van der Waals surface area (Å²) in [6.07, 6.45) is 6.17. The van der Waals surface area contributed by atoms with Crippen molar-refractivity contribution in [3.05, 3.63) is 29.7 Å². The average molecular weight is 206 g/mol. The van der Waals surface area contributed by atoms with Crippen LogP contribution in [-0.2, 0) is 0 Å². The van der Waals surface area contributed by atoms with Gasteiger partial charge in [-0.2, -0.15) is 0 Å². The highest BCUT2D eigenvalue weighted by Crippen LogP contribution is 2.21. The summed E-state index contributed by atoms with van der Waals surface area (Å²) in [5, 5.41) is 0.645. The third-order valence-electron chi connectivity index (χ3n) is 1.53. The second-order valence-corrected chi connectivity index (χ2v) is 3.52. The highest BCUT2D eigenvalue weighted by Gasteiger charge is 2.08. The molecule has 6 heteroatoms. The number of amides is 1. The van der Waals surface area contributed by atoms with Crippen molar-refractivity contribution in [1.82, 2.24) is 15.0 Å². The van der Waals surface area contributed by atoms with Gasteiger partial charge in [0.15, 0.2) is 0 Å². The fourth-order valence-electron chi connectivity index (χ4n) is 0.916. The Morgan fingerprint density at radius 2 is 2.14 bits per heavy atom. The van der Waals surface area contributed by atoms with Gasteiger partial charge in [-0.05, 0) is 0 Å². The molecule has 0 saturated carbocycles. The number of primary amides is 1. The first kappa shape index (κ1) is 8.76. The van der Waals surface area contributed by atoms with Crippen molar-refractivity contribution in [2.75, 3.05) is 0 Å². The van der Waals surface area contributed by atoms with E-state index in [1.54, 1.807) is 18.6 Å². The molecule has 2 N–H and O–H groups in total. The van der Waals surface area contributed by atoms with Crippen LogP contribution in [0.4, 0.5) is 0 Å². The lowest BCUT2D eigenvalue weighted by Gasteiger charge is -1.90. The molecule has 0 radical (unpaired) electrons. The monoisotopic (exact) mass is 206 g/mol. The molecule has 5 nitrogen and oxygen atoms in total. The highest BCUT2D eigenvalue weighted by atomic mass is 32.1. The number of hydrogen-bond donors (Lipinski definition) is 1. The lowest BCUT2D eigenvalue weighted by atomic mass is 10.5. The predicted octanol–water partition coefficient (Wildman–Crippen LogP) is 0.699. The maximum absolute atomic E-state index is 10.8. The minimum absolute atomic E-state index is 0.422. The van der Waals surface area contributed by atoms with Crippen molar-refractivity contribution in [3.63, 3.8) is 0 Å². The van der Waals surface area contributed by atoms with Crippen LogP contribution in [0.1, 0.15) is 9.67 Å². The summed E-state index contributed by atoms with van der Waals surface area (Å²) in [4.78, 5) is 23.2. The molecule has 0 saturated heterocycles. The largest absolute Gasteiger partial charge is 0.365 e. The van der Waals surface area contributed by atoms with Gasteiger partial charge in [-0.25, -0.2) is 4.98 Å². The summed E-state index contributed by atoms with van der Waals surface area (Å²) >= 11 is 1.21. The topological polar surface area (TPSA) is 81.8 Å². The summed E-state index contributed by atoms with van der Waals surface area (Å²) in [6, 6.07) is 0. The minimum atomic E-state index is -0.474. The third-order valence-corrected chi connectivity index (χ3v) is 2.57. The second kappa shape index (κ2) is 3.51. The van der Waals surface area contributed by atoms with Crippen molar-refractivity contribution in [2.24, 2.45) is 5.73 Å². The molecule has 0 unspecified atom stereocenters. The molecule has 2 aromatic rings. The first-order valence-corrected chi connectivity index (χ1v) is 4.61. The first-order chi connectivity index (χ1) is 6.77. The van der Waals surface area contributed by atoms with Gasteiger partial charge in [-0.15, -0.1) is 11.3 Å². The smallest absolute Gasteiger partial charge is 0.260 e. The standard InChI is InChI=1S/C8H6N4OS/c9-7(13)6-4-12-8(14-6)5-3-10-1-2-11-5/h1-4H,(H2,9,13). The van der Waals surface area contributed by atoms with Crippen molar-refractivity contribution in [2.45, 2.75) is 0 Å². The van der Waals surface area contributed by atoms with Gasteiger partial charge in [0.1, 0.15) is 15.6 Å². The first-order valence-electron chi connectivity index (χ1n) is 3.79. The van der Waals surface area contributed by atoms with Gasteiger partial charge >= 0.3 is 0 Å². The normalized spacial score (nSPS) is 10.0. The Balaban J connectivity index is 2.39. The number of carbonyl (C=O) groups excluding carboxylic acids is 1. The van der Waals surface area contributed by atoms with Crippen LogP contribution in [0, 0.1) is 0 Å². The average Bonchev–Trinajstić information content (AvgIpc) is 2.68. The Kier molecular flexibility index (Phi) is 2.19. The fourth-order valence-corrected chi connectivity index (χ4v) is 1.65. The van der Waals surface area contributed by atoms with E-state index in [2.05, 4.69) is 15.0 Å². The van der Waals surface area contributed by atoms with Gasteiger partial charge in [-0.1, -0.05) is 0 Å². The van der Waals surface area contributed by atoms with Crippen LogP contribution in [0.3, 0.4) is 0 Å². The van der Waals surface area contributed by atoms with E-state index in [-0.39, 0.29) is 0 Å². The highest BCUT2D eigenvalue weighted by molar-refractivity contribution is 7.16. The molecule has 0 bridgehead atoms. The number of thiazole rings is 1. The molecular formula is C8H6N4OS. The fraction of sp³-hybridized carbons (Fsp3) is 0. The lowest BCUT2D eigenvalue weighted by Crippen LogP contribution is -2.08. The predicted molar refractivity (Wildman–Crippen MR) is 51.7 cm³/mol. The van der Waals surface area contributed by atoms with Crippen LogP contribution in [-0.4, -0.2) is 20.9 Å². The molecule has 2 heterocycles. The Labute approximate surface area is 83.7 Å². The molecule has 0 aliphatic carbocycles. The quantitative estimate of drug-likeness (QED) is 0.784. The van der Waals surface area contributed by atoms with Crippen LogP contribution < -0.4 is 5.73 Å². The Hall–Kier alpha value is -1.82. The number of aromatic nitrogens is 3. The van der Waals surface area contributed by atoms with Gasteiger partial charge in [0, 0.05) is 12.4 Å². The molecule has 0 spiro atoms. The van der Waals surface area contributed by atoms with Crippen molar-refractivity contribution >= 4 is 17.2 Å². The molecule has 0 aromatic carbocycles. The third kappa shape index (κ3) is 1.60. The van der Waals surface area contributed by atoms with Gasteiger partial charge in [0.05, 0.1) is 12.4 Å². The maximum Gasteiger partial charge on any atom is 0.260 e. The summed E-state index contributed by atoms with van der Waals surface area (Å²) in [5.41, 5.74) is 5.74. The van der Waals surface area contributed by atoms with Crippen molar-refractivity contribution in [3.8, 4) is 10.7 Å². The zero-order valence-electron chi connectivity index (χ0n) is 7.04. The molecule has 0 fully saturated rings. The van der Waals surface area contributed by atoms with Crippen molar-refractivity contribution in [1.29, 1.82) is 0 Å². The summed E-state index contributed by atoms with van der Waals surface area (Å²) in [5.74, 6) is -0.474. The molecule has 0 aliphatic rings. The summed E-state index contributed by atoms with van der Waals surface area (Å²) in [7, 11) is 0. The number of nitrogens with zero attached hydrogens (tertiary/aromatic N) is 3. The zero-order chi connectivity index (χ0) is 9.97. The van der Waals surface area contributed by atoms with E-state index in [0.29, 0.717) is 15.6 Å². The molecule has 14 heavy (non-hydrogen) atoms. The van der Waals surface area contributed by atoms with Gasteiger partial charge in [-0.3, -0.25) is 14.8 Å². The van der Waals surface area contributed by atoms with Crippen LogP contribution in [0.2, 0.25) is 0 Å². The molecule has 70 valence electrons. The van der Waals surface area contributed by atoms with E-state index >= 15 is 0 Å². The number of rotatable bonds is 2. The van der Waals surface area contributed by atoms with E-state index in [9.17, 15) is 4.79 Å². The molecule has 2 aromatic heterocycles. The van der Waals surface area contributed by atoms with E-state index < -0.39 is 5.91 Å². The molecule has 0 atom stereocenters. The van der Waals surface area contributed by atoms with Gasteiger partial charge in [0.2, 0.25) is 0 Å². The van der Waals surface area contributed by atoms with E-state index in [1.165, 1.54) is 17.5 Å². The molecule has 0 aliphatic heterocycles. The number of hydrogen-bond acceptors (Lipinski definition) is 5. The Morgan fingerprint density at radius 3 is 2.71 bits per heavy atom. The zero-order valence-corrected chi connectivity index (χ0v) is 7.86. The van der Waals surface area contributed by atoms with Crippen LogP contribution in [0.25, 0.3) is 10.7 Å². The summed E-state index contributed by atoms with van der Waals surface area (Å²) in [6.45, 7) is 0. The lowest BCUT2D eigenvalue weighted by molar-refractivity contribution is 0.100. The molecule has 1 amide bonds. The van der Waals surface area contributed by atoms with Crippen molar-refractivity contribution < 1.29 is 4.79 Å². The van der Waals surface area contributed by atoms with Crippen LogP contribution in [0.15, 0.2) is 24.8 Å².